The van der Waals surface area contributed by atoms with Crippen molar-refractivity contribution in [1.82, 2.24) is 15.5 Å². The largest absolute Gasteiger partial charge is 0.383 e. The van der Waals surface area contributed by atoms with E-state index in [0.29, 0.717) is 19.7 Å². The monoisotopic (exact) mass is 283 g/mol. The lowest BCUT2D eigenvalue weighted by Crippen LogP contribution is -2.42. The number of methoxy groups -OCH3 is 1. The van der Waals surface area contributed by atoms with Crippen molar-refractivity contribution < 1.29 is 9.53 Å². The van der Waals surface area contributed by atoms with E-state index in [1.54, 1.807) is 7.11 Å². The number of urea groups is 1. The van der Waals surface area contributed by atoms with Gasteiger partial charge in [0.05, 0.1) is 6.61 Å². The van der Waals surface area contributed by atoms with E-state index in [-0.39, 0.29) is 6.03 Å². The number of carbonyl (C=O) groups excluding carboxylic acids is 1. The smallest absolute Gasteiger partial charge is 0.314 e. The van der Waals surface area contributed by atoms with Gasteiger partial charge in [-0.05, 0) is 23.4 Å². The molecular weight excluding hydrogens is 262 g/mol. The van der Waals surface area contributed by atoms with E-state index >= 15 is 0 Å². The van der Waals surface area contributed by atoms with E-state index in [0.717, 1.165) is 26.1 Å². The lowest BCUT2D eigenvalue weighted by Gasteiger charge is -2.26. The van der Waals surface area contributed by atoms with Gasteiger partial charge in [0, 0.05) is 44.7 Å². The summed E-state index contributed by atoms with van der Waals surface area (Å²) < 4.78 is 4.87. The molecule has 2 heterocycles. The maximum atomic E-state index is 11.4. The summed E-state index contributed by atoms with van der Waals surface area (Å²) >= 11 is 1.85. The average Bonchev–Trinajstić information content (AvgIpc) is 2.86. The Kier molecular flexibility index (Phi) is 5.62. The van der Waals surface area contributed by atoms with Gasteiger partial charge in [-0.25, -0.2) is 4.79 Å². The minimum Gasteiger partial charge on any atom is -0.383 e. The van der Waals surface area contributed by atoms with Gasteiger partial charge in [0.25, 0.3) is 0 Å². The van der Waals surface area contributed by atoms with Gasteiger partial charge in [-0.1, -0.05) is 0 Å². The SMILES string of the molecule is COCCNC(=O)NCCN1CCc2sccc2C1. The van der Waals surface area contributed by atoms with Gasteiger partial charge >= 0.3 is 6.03 Å². The van der Waals surface area contributed by atoms with Crippen LogP contribution in [0.3, 0.4) is 0 Å². The van der Waals surface area contributed by atoms with Crippen LogP contribution in [0.5, 0.6) is 0 Å². The molecule has 1 aliphatic rings. The number of nitrogens with one attached hydrogen (secondary N) is 2. The van der Waals surface area contributed by atoms with Crippen molar-refractivity contribution in [3.8, 4) is 0 Å². The van der Waals surface area contributed by atoms with Crippen molar-refractivity contribution in [2.24, 2.45) is 0 Å². The molecule has 0 fully saturated rings. The number of rotatable bonds is 6. The van der Waals surface area contributed by atoms with Gasteiger partial charge in [0.1, 0.15) is 0 Å². The molecule has 0 aromatic carbocycles. The molecule has 2 rings (SSSR count). The molecule has 0 unspecified atom stereocenters. The van der Waals surface area contributed by atoms with Crippen molar-refractivity contribution in [1.29, 1.82) is 0 Å². The minimum atomic E-state index is -0.120. The molecule has 0 saturated carbocycles. The number of carbonyl (C=O) groups is 1. The first-order valence-corrected chi connectivity index (χ1v) is 7.46. The summed E-state index contributed by atoms with van der Waals surface area (Å²) in [4.78, 5) is 15.3. The van der Waals surface area contributed by atoms with Gasteiger partial charge in [-0.2, -0.15) is 0 Å². The lowest BCUT2D eigenvalue weighted by atomic mass is 10.1. The van der Waals surface area contributed by atoms with Crippen LogP contribution in [0.15, 0.2) is 11.4 Å². The fraction of sp³-hybridized carbons (Fsp3) is 0.615. The zero-order valence-corrected chi connectivity index (χ0v) is 12.1. The molecular formula is C13H21N3O2S. The third-order valence-corrected chi connectivity index (χ3v) is 4.22. The van der Waals surface area contributed by atoms with Crippen molar-refractivity contribution >= 4 is 17.4 Å². The standard InChI is InChI=1S/C13H21N3O2S/c1-18-8-5-15-13(17)14-4-7-16-6-2-12-11(10-16)3-9-19-12/h3,9H,2,4-8,10H2,1H3,(H2,14,15,17). The zero-order valence-electron chi connectivity index (χ0n) is 11.3. The number of ether oxygens (including phenoxy) is 1. The highest BCUT2D eigenvalue weighted by Gasteiger charge is 2.16. The number of nitrogens with zero attached hydrogens (tertiary/aromatic N) is 1. The molecule has 1 aromatic rings. The van der Waals surface area contributed by atoms with Crippen molar-refractivity contribution in [2.75, 3.05) is 39.9 Å². The average molecular weight is 283 g/mol. The topological polar surface area (TPSA) is 53.6 Å². The van der Waals surface area contributed by atoms with Crippen LogP contribution in [-0.4, -0.2) is 50.8 Å². The van der Waals surface area contributed by atoms with E-state index in [9.17, 15) is 4.79 Å². The first-order chi connectivity index (χ1) is 9.29. The molecule has 0 saturated heterocycles. The normalized spacial score (nSPS) is 15.0. The Hall–Kier alpha value is -1.11. The molecule has 5 nitrogen and oxygen atoms in total. The summed E-state index contributed by atoms with van der Waals surface area (Å²) in [5.41, 5.74) is 1.45. The molecule has 1 aromatic heterocycles. The summed E-state index contributed by atoms with van der Waals surface area (Å²) in [7, 11) is 1.62. The molecule has 1 aliphatic heterocycles. The molecule has 6 heteroatoms. The second-order valence-corrected chi connectivity index (χ2v) is 5.57. The first kappa shape index (κ1) is 14.3. The number of amides is 2. The van der Waals surface area contributed by atoms with Crippen LogP contribution in [-0.2, 0) is 17.7 Å². The van der Waals surface area contributed by atoms with Crippen LogP contribution in [0.2, 0.25) is 0 Å². The van der Waals surface area contributed by atoms with Crippen LogP contribution in [0, 0.1) is 0 Å². The fourth-order valence-electron chi connectivity index (χ4n) is 2.15. The highest BCUT2D eigenvalue weighted by atomic mass is 32.1. The van der Waals surface area contributed by atoms with Gasteiger partial charge in [-0.15, -0.1) is 11.3 Å². The van der Waals surface area contributed by atoms with Crippen LogP contribution in [0.4, 0.5) is 4.79 Å². The van der Waals surface area contributed by atoms with E-state index in [4.69, 9.17) is 4.74 Å². The Labute approximate surface area is 117 Å². The molecule has 19 heavy (non-hydrogen) atoms. The van der Waals surface area contributed by atoms with Gasteiger partial charge in [0.15, 0.2) is 0 Å². The highest BCUT2D eigenvalue weighted by molar-refractivity contribution is 7.10. The molecule has 106 valence electrons. The maximum Gasteiger partial charge on any atom is 0.314 e. The van der Waals surface area contributed by atoms with Gasteiger partial charge in [0.2, 0.25) is 0 Å². The fourth-order valence-corrected chi connectivity index (χ4v) is 3.04. The maximum absolute atomic E-state index is 11.4. The molecule has 0 radical (unpaired) electrons. The zero-order chi connectivity index (χ0) is 13.5. The molecule has 0 spiro atoms. The van der Waals surface area contributed by atoms with Crippen LogP contribution >= 0.6 is 11.3 Å². The Morgan fingerprint density at radius 1 is 1.47 bits per heavy atom. The highest BCUT2D eigenvalue weighted by Crippen LogP contribution is 2.23. The van der Waals surface area contributed by atoms with E-state index in [1.807, 2.05) is 11.3 Å². The predicted octanol–water partition coefficient (Wildman–Crippen LogP) is 1.05. The predicted molar refractivity (Wildman–Crippen MR) is 76.6 cm³/mol. The number of hydrogen-bond acceptors (Lipinski definition) is 4. The van der Waals surface area contributed by atoms with Crippen LogP contribution in [0.1, 0.15) is 10.4 Å². The molecule has 2 N–H and O–H groups in total. The molecule has 2 amide bonds. The van der Waals surface area contributed by atoms with Gasteiger partial charge in [-0.3, -0.25) is 4.90 Å². The third-order valence-electron chi connectivity index (χ3n) is 3.19. The second-order valence-electron chi connectivity index (χ2n) is 4.57. The Morgan fingerprint density at radius 2 is 2.32 bits per heavy atom. The minimum absolute atomic E-state index is 0.120. The summed E-state index contributed by atoms with van der Waals surface area (Å²) in [5, 5.41) is 7.77. The summed E-state index contributed by atoms with van der Waals surface area (Å²) in [6, 6.07) is 2.09. The Balaban J connectivity index is 1.60. The van der Waals surface area contributed by atoms with Crippen molar-refractivity contribution in [2.45, 2.75) is 13.0 Å². The van der Waals surface area contributed by atoms with Crippen LogP contribution < -0.4 is 10.6 Å². The third kappa shape index (κ3) is 4.49. The Morgan fingerprint density at radius 3 is 3.16 bits per heavy atom. The second kappa shape index (κ2) is 7.47. The molecule has 0 aliphatic carbocycles. The van der Waals surface area contributed by atoms with E-state index in [2.05, 4.69) is 27.0 Å². The van der Waals surface area contributed by atoms with Crippen molar-refractivity contribution in [3.63, 3.8) is 0 Å². The Bertz CT molecular complexity index is 408. The lowest BCUT2D eigenvalue weighted by molar-refractivity contribution is 0.195. The number of fused-ring (bicyclic) bond motifs is 1. The first-order valence-electron chi connectivity index (χ1n) is 6.58. The number of thiophene rings is 1. The number of hydrogen-bond donors (Lipinski definition) is 2. The summed E-state index contributed by atoms with van der Waals surface area (Å²) in [6.45, 7) is 4.75. The van der Waals surface area contributed by atoms with Crippen LogP contribution in [0.25, 0.3) is 0 Å². The van der Waals surface area contributed by atoms with Gasteiger partial charge < -0.3 is 15.4 Å². The van der Waals surface area contributed by atoms with E-state index < -0.39 is 0 Å². The van der Waals surface area contributed by atoms with E-state index in [1.165, 1.54) is 10.4 Å². The molecule has 0 atom stereocenters. The molecule has 0 bridgehead atoms. The van der Waals surface area contributed by atoms with Crippen molar-refractivity contribution in [3.05, 3.63) is 21.9 Å². The summed E-state index contributed by atoms with van der Waals surface area (Å²) in [5.74, 6) is 0. The quantitative estimate of drug-likeness (QED) is 0.767. The summed E-state index contributed by atoms with van der Waals surface area (Å²) in [6.07, 6.45) is 1.13.